The van der Waals surface area contributed by atoms with Gasteiger partial charge >= 0.3 is 0 Å². The Bertz CT molecular complexity index is 1000. The van der Waals surface area contributed by atoms with Crippen LogP contribution in [0.4, 0.5) is 0 Å². The molecule has 1 atom stereocenters. The molecule has 1 unspecified atom stereocenters. The lowest BCUT2D eigenvalue weighted by Crippen LogP contribution is -2.67. The van der Waals surface area contributed by atoms with Gasteiger partial charge in [0.15, 0.2) is 0 Å². The summed E-state index contributed by atoms with van der Waals surface area (Å²) in [6, 6.07) is 8.28. The number of rotatable bonds is 5. The molecule has 1 aromatic heterocycles. The van der Waals surface area contributed by atoms with Gasteiger partial charge in [-0.15, -0.1) is 11.3 Å². The zero-order chi connectivity index (χ0) is 19.8. The fourth-order valence-corrected chi connectivity index (χ4v) is 5.25. The number of likely N-dealkylation sites (tertiary alicyclic amines) is 1. The smallest absolute Gasteiger partial charge is 0.265 e. The number of sulfonamides is 1. The Balaban J connectivity index is 1.73. The van der Waals surface area contributed by atoms with Gasteiger partial charge in [-0.25, -0.2) is 8.42 Å². The van der Waals surface area contributed by atoms with Crippen LogP contribution in [0.15, 0.2) is 35.7 Å². The van der Waals surface area contributed by atoms with Crippen molar-refractivity contribution in [1.82, 2.24) is 9.62 Å². The highest BCUT2D eigenvalue weighted by Gasteiger charge is 2.50. The summed E-state index contributed by atoms with van der Waals surface area (Å²) >= 11 is 7.18. The molecule has 1 N–H and O–H groups in total. The summed E-state index contributed by atoms with van der Waals surface area (Å²) in [5.41, 5.74) is 0.131. The average molecular weight is 427 g/mol. The largest absolute Gasteiger partial charge is 0.323 e. The molecule has 6 nitrogen and oxygen atoms in total. The van der Waals surface area contributed by atoms with Gasteiger partial charge in [-0.3, -0.25) is 14.3 Å². The predicted octanol–water partition coefficient (Wildman–Crippen LogP) is 2.96. The Labute approximate surface area is 167 Å². The lowest BCUT2D eigenvalue weighted by molar-refractivity contribution is -0.135. The third kappa shape index (κ3) is 4.02. The number of halogens is 1. The molecule has 27 heavy (non-hydrogen) atoms. The van der Waals surface area contributed by atoms with Crippen molar-refractivity contribution in [2.75, 3.05) is 6.54 Å². The van der Waals surface area contributed by atoms with Crippen LogP contribution < -0.4 is 4.72 Å². The van der Waals surface area contributed by atoms with Gasteiger partial charge in [0.1, 0.15) is 5.54 Å². The first-order valence-corrected chi connectivity index (χ1v) is 11.2. The molecule has 2 heterocycles. The quantitative estimate of drug-likeness (QED) is 0.796. The molecule has 1 aliphatic rings. The van der Waals surface area contributed by atoms with E-state index in [0.717, 1.165) is 5.56 Å². The highest BCUT2D eigenvalue weighted by Crippen LogP contribution is 2.34. The average Bonchev–Trinajstić information content (AvgIpc) is 2.98. The summed E-state index contributed by atoms with van der Waals surface area (Å²) in [5.74, 6) is -1.31. The summed E-state index contributed by atoms with van der Waals surface area (Å²) in [6.07, 6.45) is 0.404. The van der Waals surface area contributed by atoms with E-state index in [9.17, 15) is 18.0 Å². The first-order valence-electron chi connectivity index (χ1n) is 8.28. The van der Waals surface area contributed by atoms with E-state index in [1.54, 1.807) is 25.1 Å². The molecule has 1 aromatic carbocycles. The number of aryl methyl sites for hydroxylation is 1. The molecule has 2 aromatic rings. The van der Waals surface area contributed by atoms with Gasteiger partial charge in [0.2, 0.25) is 10.0 Å². The van der Waals surface area contributed by atoms with Crippen molar-refractivity contribution in [3.05, 3.63) is 56.7 Å². The molecule has 1 fully saturated rings. The fourth-order valence-electron chi connectivity index (χ4n) is 2.97. The second-order valence-corrected chi connectivity index (χ2v) is 9.81. The molecule has 0 aliphatic carbocycles. The molecular weight excluding hydrogens is 408 g/mol. The first kappa shape index (κ1) is 19.9. The SMILES string of the molecule is Cc1ccsc1C(=O)N1CCC1(C)C(=O)NS(=O)(=O)Cc1cccc(Cl)c1. The molecule has 0 radical (unpaired) electrons. The van der Waals surface area contributed by atoms with Gasteiger partial charge in [-0.2, -0.15) is 0 Å². The lowest BCUT2D eigenvalue weighted by Gasteiger charge is -2.48. The number of carbonyl (C=O) groups is 2. The molecule has 0 bridgehead atoms. The van der Waals surface area contributed by atoms with Crippen molar-refractivity contribution in [3.63, 3.8) is 0 Å². The van der Waals surface area contributed by atoms with Crippen molar-refractivity contribution >= 4 is 44.8 Å². The monoisotopic (exact) mass is 426 g/mol. The summed E-state index contributed by atoms with van der Waals surface area (Å²) in [7, 11) is -3.91. The van der Waals surface area contributed by atoms with Crippen molar-refractivity contribution in [2.45, 2.75) is 31.6 Å². The van der Waals surface area contributed by atoms with Crippen LogP contribution in [0.5, 0.6) is 0 Å². The van der Waals surface area contributed by atoms with Crippen LogP contribution in [-0.4, -0.2) is 37.2 Å². The Hall–Kier alpha value is -1.90. The molecule has 0 saturated carbocycles. The minimum absolute atomic E-state index is 0.251. The molecule has 1 aliphatic heterocycles. The first-order chi connectivity index (χ1) is 12.6. The topological polar surface area (TPSA) is 83.6 Å². The van der Waals surface area contributed by atoms with Crippen molar-refractivity contribution < 1.29 is 18.0 Å². The maximum Gasteiger partial charge on any atom is 0.265 e. The summed E-state index contributed by atoms with van der Waals surface area (Å²) in [5, 5.41) is 2.23. The number of thiophene rings is 1. The van der Waals surface area contributed by atoms with Gasteiger partial charge in [-0.1, -0.05) is 23.7 Å². The van der Waals surface area contributed by atoms with Crippen LogP contribution in [0.1, 0.15) is 34.1 Å². The molecule has 144 valence electrons. The van der Waals surface area contributed by atoms with Gasteiger partial charge in [0.25, 0.3) is 11.8 Å². The normalized spacial score (nSPS) is 19.4. The molecular formula is C18H19ClN2O4S2. The summed E-state index contributed by atoms with van der Waals surface area (Å²) in [4.78, 5) is 27.4. The van der Waals surface area contributed by atoms with Gasteiger partial charge in [-0.05, 0) is 55.0 Å². The highest BCUT2D eigenvalue weighted by molar-refractivity contribution is 7.89. The maximum absolute atomic E-state index is 12.7. The standard InChI is InChI=1S/C18H19ClN2O4S2/c1-12-6-9-26-15(12)16(22)21-8-7-18(21,2)17(23)20-27(24,25)11-13-4-3-5-14(19)10-13/h3-6,9-10H,7-8,11H2,1-2H3,(H,20,23). The van der Waals surface area contributed by atoms with E-state index in [1.807, 2.05) is 18.4 Å². The third-order valence-corrected chi connectivity index (χ3v) is 7.15. The second-order valence-electron chi connectivity index (χ2n) is 6.73. The van der Waals surface area contributed by atoms with Gasteiger partial charge < -0.3 is 4.90 Å². The van der Waals surface area contributed by atoms with Crippen LogP contribution in [0, 0.1) is 6.92 Å². The van der Waals surface area contributed by atoms with Gasteiger partial charge in [0, 0.05) is 11.6 Å². The number of hydrogen-bond donors (Lipinski definition) is 1. The van der Waals surface area contributed by atoms with E-state index < -0.39 is 21.5 Å². The number of hydrogen-bond acceptors (Lipinski definition) is 5. The maximum atomic E-state index is 12.7. The molecule has 1 saturated heterocycles. The number of nitrogens with one attached hydrogen (secondary N) is 1. The Kier molecular flexibility index (Phi) is 5.33. The molecule has 0 spiro atoms. The zero-order valence-electron chi connectivity index (χ0n) is 14.9. The number of carbonyl (C=O) groups excluding carboxylic acids is 2. The van der Waals surface area contributed by atoms with Gasteiger partial charge in [0.05, 0.1) is 10.6 Å². The van der Waals surface area contributed by atoms with Crippen LogP contribution in [0.3, 0.4) is 0 Å². The lowest BCUT2D eigenvalue weighted by atomic mass is 9.85. The number of nitrogens with zero attached hydrogens (tertiary/aromatic N) is 1. The van der Waals surface area contributed by atoms with Crippen molar-refractivity contribution in [2.24, 2.45) is 0 Å². The predicted molar refractivity (Wildman–Crippen MR) is 105 cm³/mol. The Morgan fingerprint density at radius 1 is 1.33 bits per heavy atom. The van der Waals surface area contributed by atoms with Crippen molar-refractivity contribution in [1.29, 1.82) is 0 Å². The molecule has 3 rings (SSSR count). The van der Waals surface area contributed by atoms with Crippen LogP contribution in [0.2, 0.25) is 5.02 Å². The van der Waals surface area contributed by atoms with E-state index in [1.165, 1.54) is 22.3 Å². The Morgan fingerprint density at radius 3 is 2.63 bits per heavy atom. The van der Waals surface area contributed by atoms with E-state index in [4.69, 9.17) is 11.6 Å². The minimum atomic E-state index is -3.91. The summed E-state index contributed by atoms with van der Waals surface area (Å²) < 4.78 is 26.9. The molecule has 2 amide bonds. The number of amides is 2. The van der Waals surface area contributed by atoms with Crippen LogP contribution >= 0.6 is 22.9 Å². The van der Waals surface area contributed by atoms with E-state index >= 15 is 0 Å². The highest BCUT2D eigenvalue weighted by atomic mass is 35.5. The third-order valence-electron chi connectivity index (χ3n) is 4.70. The summed E-state index contributed by atoms with van der Waals surface area (Å²) in [6.45, 7) is 3.83. The number of benzene rings is 1. The molecule has 9 heteroatoms. The minimum Gasteiger partial charge on any atom is -0.323 e. The van der Waals surface area contributed by atoms with E-state index in [-0.39, 0.29) is 11.7 Å². The van der Waals surface area contributed by atoms with E-state index in [2.05, 4.69) is 4.72 Å². The zero-order valence-corrected chi connectivity index (χ0v) is 17.2. The van der Waals surface area contributed by atoms with Crippen LogP contribution in [0.25, 0.3) is 0 Å². The van der Waals surface area contributed by atoms with Crippen LogP contribution in [-0.2, 0) is 20.6 Å². The second kappa shape index (κ2) is 7.26. The fraction of sp³-hybridized carbons (Fsp3) is 0.333. The van der Waals surface area contributed by atoms with Crippen molar-refractivity contribution in [3.8, 4) is 0 Å². The Morgan fingerprint density at radius 2 is 2.07 bits per heavy atom. The van der Waals surface area contributed by atoms with E-state index in [0.29, 0.717) is 28.4 Å².